The molecular formula is C19H18Cl2N2O2. The van der Waals surface area contributed by atoms with E-state index >= 15 is 0 Å². The normalized spacial score (nSPS) is 18.6. The molecule has 1 saturated carbocycles. The van der Waals surface area contributed by atoms with E-state index in [4.69, 9.17) is 23.2 Å². The van der Waals surface area contributed by atoms with Crippen LogP contribution < -0.4 is 10.6 Å². The standard InChI is InChI=1S/C19H18Cl2N2O2/c1-10-5-11(2)7-13(6-10)22-18(24)14-9-15(14)19(25)23-17-8-12(20)3-4-16(17)21/h3-8,14-15H,9H2,1-2H3,(H,22,24)(H,23,25). The van der Waals surface area contributed by atoms with Gasteiger partial charge in [0.1, 0.15) is 0 Å². The van der Waals surface area contributed by atoms with Gasteiger partial charge in [-0.3, -0.25) is 9.59 Å². The molecule has 2 N–H and O–H groups in total. The Bertz CT molecular complexity index is 831. The summed E-state index contributed by atoms with van der Waals surface area (Å²) in [5.41, 5.74) is 3.37. The lowest BCUT2D eigenvalue weighted by Crippen LogP contribution is -2.20. The van der Waals surface area contributed by atoms with Crippen molar-refractivity contribution in [1.29, 1.82) is 0 Å². The minimum atomic E-state index is -0.346. The molecule has 2 aromatic rings. The van der Waals surface area contributed by atoms with Gasteiger partial charge in [0.15, 0.2) is 0 Å². The molecule has 0 saturated heterocycles. The second kappa shape index (κ2) is 7.06. The van der Waals surface area contributed by atoms with Crippen LogP contribution in [0.1, 0.15) is 17.5 Å². The lowest BCUT2D eigenvalue weighted by atomic mass is 10.1. The summed E-state index contributed by atoms with van der Waals surface area (Å²) >= 11 is 12.0. The fourth-order valence-electron chi connectivity index (χ4n) is 2.88. The van der Waals surface area contributed by atoms with Gasteiger partial charge in [0.2, 0.25) is 11.8 Å². The van der Waals surface area contributed by atoms with Crippen molar-refractivity contribution >= 4 is 46.4 Å². The molecule has 130 valence electrons. The number of halogens is 2. The van der Waals surface area contributed by atoms with Crippen LogP contribution in [0.3, 0.4) is 0 Å². The lowest BCUT2D eigenvalue weighted by molar-refractivity contribution is -0.122. The minimum absolute atomic E-state index is 0.137. The summed E-state index contributed by atoms with van der Waals surface area (Å²) in [7, 11) is 0. The first-order valence-corrected chi connectivity index (χ1v) is 8.74. The number of aryl methyl sites for hydroxylation is 2. The number of nitrogens with one attached hydrogen (secondary N) is 2. The van der Waals surface area contributed by atoms with E-state index in [0.29, 0.717) is 22.2 Å². The first-order chi connectivity index (χ1) is 11.8. The molecule has 2 unspecified atom stereocenters. The number of hydrogen-bond acceptors (Lipinski definition) is 2. The molecule has 0 radical (unpaired) electrons. The van der Waals surface area contributed by atoms with Crippen molar-refractivity contribution in [3.63, 3.8) is 0 Å². The topological polar surface area (TPSA) is 58.2 Å². The molecule has 2 amide bonds. The number of amides is 2. The summed E-state index contributed by atoms with van der Waals surface area (Å²) in [5.74, 6) is -1.02. The van der Waals surface area contributed by atoms with E-state index in [1.165, 1.54) is 0 Å². The van der Waals surface area contributed by atoms with Gasteiger partial charge < -0.3 is 10.6 Å². The predicted molar refractivity (Wildman–Crippen MR) is 101 cm³/mol. The van der Waals surface area contributed by atoms with Crippen molar-refractivity contribution in [3.8, 4) is 0 Å². The third-order valence-electron chi connectivity index (χ3n) is 4.14. The average Bonchev–Trinajstić information content (AvgIpc) is 3.30. The first kappa shape index (κ1) is 17.8. The first-order valence-electron chi connectivity index (χ1n) is 7.98. The van der Waals surface area contributed by atoms with Gasteiger partial charge in [-0.1, -0.05) is 29.3 Å². The van der Waals surface area contributed by atoms with Gasteiger partial charge in [0.05, 0.1) is 22.5 Å². The molecule has 0 heterocycles. The summed E-state index contributed by atoms with van der Waals surface area (Å²) in [6, 6.07) is 10.7. The Hall–Kier alpha value is -2.04. The Kier molecular flexibility index (Phi) is 5.02. The van der Waals surface area contributed by atoms with Crippen molar-refractivity contribution < 1.29 is 9.59 Å². The van der Waals surface area contributed by atoms with E-state index in [-0.39, 0.29) is 23.7 Å². The molecule has 0 aliphatic heterocycles. The molecular weight excluding hydrogens is 359 g/mol. The average molecular weight is 377 g/mol. The van der Waals surface area contributed by atoms with Crippen LogP contribution in [0, 0.1) is 25.7 Å². The molecule has 2 aromatic carbocycles. The zero-order chi connectivity index (χ0) is 18.1. The highest BCUT2D eigenvalue weighted by Crippen LogP contribution is 2.41. The summed E-state index contributed by atoms with van der Waals surface area (Å²) in [4.78, 5) is 24.7. The smallest absolute Gasteiger partial charge is 0.228 e. The number of anilines is 2. The Morgan fingerprint density at radius 1 is 0.920 bits per heavy atom. The highest BCUT2D eigenvalue weighted by molar-refractivity contribution is 6.35. The fourth-order valence-corrected chi connectivity index (χ4v) is 3.21. The SMILES string of the molecule is Cc1cc(C)cc(NC(=O)C2CC2C(=O)Nc2cc(Cl)ccc2Cl)c1. The van der Waals surface area contributed by atoms with Crippen LogP contribution >= 0.6 is 23.2 Å². The molecule has 0 spiro atoms. The molecule has 0 aromatic heterocycles. The monoisotopic (exact) mass is 376 g/mol. The number of carbonyl (C=O) groups excluding carboxylic acids is 2. The molecule has 3 rings (SSSR count). The van der Waals surface area contributed by atoms with Crippen LogP contribution in [0.25, 0.3) is 0 Å². The van der Waals surface area contributed by atoms with E-state index in [9.17, 15) is 9.59 Å². The summed E-state index contributed by atoms with van der Waals surface area (Å²) in [5, 5.41) is 6.53. The molecule has 2 atom stereocenters. The van der Waals surface area contributed by atoms with E-state index < -0.39 is 0 Å². The molecule has 25 heavy (non-hydrogen) atoms. The van der Waals surface area contributed by atoms with Crippen LogP contribution in [-0.4, -0.2) is 11.8 Å². The van der Waals surface area contributed by atoms with Gasteiger partial charge in [0, 0.05) is 10.7 Å². The fraction of sp³-hybridized carbons (Fsp3) is 0.263. The van der Waals surface area contributed by atoms with Crippen LogP contribution in [0.2, 0.25) is 10.0 Å². The van der Waals surface area contributed by atoms with Gasteiger partial charge in [-0.2, -0.15) is 0 Å². The van der Waals surface area contributed by atoms with Gasteiger partial charge in [0.25, 0.3) is 0 Å². The Morgan fingerprint density at radius 2 is 1.52 bits per heavy atom. The van der Waals surface area contributed by atoms with E-state index in [2.05, 4.69) is 10.6 Å². The third-order valence-corrected chi connectivity index (χ3v) is 4.70. The van der Waals surface area contributed by atoms with E-state index in [0.717, 1.165) is 16.8 Å². The summed E-state index contributed by atoms with van der Waals surface area (Å²) < 4.78 is 0. The number of carbonyl (C=O) groups is 2. The molecule has 6 heteroatoms. The van der Waals surface area contributed by atoms with Crippen molar-refractivity contribution in [3.05, 3.63) is 57.6 Å². The zero-order valence-electron chi connectivity index (χ0n) is 13.9. The van der Waals surface area contributed by atoms with Crippen molar-refractivity contribution in [2.75, 3.05) is 10.6 Å². The molecule has 1 fully saturated rings. The van der Waals surface area contributed by atoms with Crippen LogP contribution in [0.5, 0.6) is 0 Å². The maximum Gasteiger partial charge on any atom is 0.228 e. The van der Waals surface area contributed by atoms with Gasteiger partial charge in [-0.25, -0.2) is 0 Å². The maximum atomic E-state index is 12.3. The summed E-state index contributed by atoms with van der Waals surface area (Å²) in [6.07, 6.45) is 0.528. The molecule has 4 nitrogen and oxygen atoms in total. The van der Waals surface area contributed by atoms with Crippen molar-refractivity contribution in [1.82, 2.24) is 0 Å². The van der Waals surface area contributed by atoms with Crippen LogP contribution in [0.15, 0.2) is 36.4 Å². The summed E-state index contributed by atoms with van der Waals surface area (Å²) in [6.45, 7) is 3.95. The Labute approximate surface area is 156 Å². The Morgan fingerprint density at radius 3 is 2.16 bits per heavy atom. The van der Waals surface area contributed by atoms with Gasteiger partial charge in [-0.05, 0) is 61.7 Å². The van der Waals surface area contributed by atoms with Crippen LogP contribution in [0.4, 0.5) is 11.4 Å². The molecule has 0 bridgehead atoms. The highest BCUT2D eigenvalue weighted by Gasteiger charge is 2.48. The van der Waals surface area contributed by atoms with Crippen LogP contribution in [-0.2, 0) is 9.59 Å². The minimum Gasteiger partial charge on any atom is -0.326 e. The Balaban J connectivity index is 1.60. The van der Waals surface area contributed by atoms with Gasteiger partial charge in [-0.15, -0.1) is 0 Å². The second-order valence-corrected chi connectivity index (χ2v) is 7.27. The van der Waals surface area contributed by atoms with E-state index in [1.54, 1.807) is 18.2 Å². The maximum absolute atomic E-state index is 12.3. The number of benzene rings is 2. The van der Waals surface area contributed by atoms with Gasteiger partial charge >= 0.3 is 0 Å². The van der Waals surface area contributed by atoms with E-state index in [1.807, 2.05) is 32.0 Å². The third kappa shape index (κ3) is 4.33. The van der Waals surface area contributed by atoms with Crippen molar-refractivity contribution in [2.45, 2.75) is 20.3 Å². The largest absolute Gasteiger partial charge is 0.326 e. The zero-order valence-corrected chi connectivity index (χ0v) is 15.4. The number of rotatable bonds is 4. The molecule has 1 aliphatic rings. The predicted octanol–water partition coefficient (Wildman–Crippen LogP) is 4.82. The quantitative estimate of drug-likeness (QED) is 0.802. The number of hydrogen-bond donors (Lipinski definition) is 2. The highest BCUT2D eigenvalue weighted by atomic mass is 35.5. The lowest BCUT2D eigenvalue weighted by Gasteiger charge is -2.09. The molecule has 1 aliphatic carbocycles. The second-order valence-electron chi connectivity index (χ2n) is 6.43. The van der Waals surface area contributed by atoms with Crippen molar-refractivity contribution in [2.24, 2.45) is 11.8 Å².